The van der Waals surface area contributed by atoms with E-state index >= 15 is 0 Å². The first kappa shape index (κ1) is 74.9. The molecule has 8 aromatic carbocycles. The predicted molar refractivity (Wildman–Crippen MR) is 495 cm³/mol. The fourth-order valence-electron chi connectivity index (χ4n) is 18.5. The SMILES string of the molecule is Cc1c(C)c2c(C)c(C)c1COc1ccccc1-c1c3nc(c(-c4ccc(C(C)(C)C)cc4)c4ccc([nH]4)c(-c4c5nc(c6c7ccc([nH]7)c(c7nc(c(-c8ccc(C(C)(C)C)cc8)c8ccc4[nH]8)C=C7)-c4ccccc4OCc4c(C)c(C)c(c(C)c4C)COc4ccccc4-6)C=C5)c4nc(c(c5ccc1[nH]5)-c1ccccc1OC2)C=C4)C=C3. The summed E-state index contributed by atoms with van der Waals surface area (Å²) in [5.74, 6) is 2.92. The van der Waals surface area contributed by atoms with Crippen molar-refractivity contribution in [2.24, 2.45) is 0 Å². The van der Waals surface area contributed by atoms with Crippen molar-refractivity contribution in [2.75, 3.05) is 0 Å². The third kappa shape index (κ3) is 12.8. The molecule has 12 heteroatoms. The Hall–Kier alpha value is -13.8. The zero-order chi connectivity index (χ0) is 82.3. The van der Waals surface area contributed by atoms with E-state index in [0.717, 1.165) is 190 Å². The Bertz CT molecular complexity index is 6710. The Balaban J connectivity index is 0.948. The molecule has 0 fully saturated rings. The number of rotatable bonds is 3. The standard InChI is InChI=1S/C108H94N8O4/c1-59-63(5)77-57-119-97-29-21-17-25-73(97)103-87-47-45-85(113-87)101(71-23-15-19-27-95(71)117-55-75(59)60(2)64(77)6)83-43-39-79(109-83)99(67-31-35-69(36-32-67)107(9,10)11)81-41-51-91(111-81)105(93-53-49-89(103)115-93)106-92-52-42-82(112-92)100(68-33-37-70(38-34-68)108(12,13)14)80-40-44-84(110-80)102-72-24-16-20-28-96(72)118-56-76-61(3)65(7)78(66(8)62(76)4)58-120-98-30-22-18-26-74(98)104(88-48-46-86(102)114-88)90-50-54-94(106)116-90/h15-54,111-114H,55-58H2,1-14H3. The molecule has 12 nitrogen and oxygen atoms in total. The number of hydrogen-bond donors (Lipinski definition) is 4. The summed E-state index contributed by atoms with van der Waals surface area (Å²) < 4.78 is 28.9. The van der Waals surface area contributed by atoms with E-state index in [0.29, 0.717) is 49.3 Å². The van der Waals surface area contributed by atoms with Crippen LogP contribution in [0.1, 0.15) is 165 Å². The number of benzene rings is 8. The molecule has 0 aliphatic carbocycles. The van der Waals surface area contributed by atoms with Crippen LogP contribution in [-0.4, -0.2) is 39.9 Å². The van der Waals surface area contributed by atoms with Crippen LogP contribution in [0.4, 0.5) is 0 Å². The number of aromatic nitrogens is 8. The summed E-state index contributed by atoms with van der Waals surface area (Å²) in [4.78, 5) is 40.3. The van der Waals surface area contributed by atoms with Crippen LogP contribution in [0, 0.1) is 55.4 Å². The Labute approximate surface area is 699 Å². The van der Waals surface area contributed by atoms with Crippen molar-refractivity contribution in [1.29, 1.82) is 0 Å². The van der Waals surface area contributed by atoms with Crippen molar-refractivity contribution in [3.8, 4) is 101 Å². The molecular formula is C108H94N8O4. The summed E-state index contributed by atoms with van der Waals surface area (Å²) in [5, 5.41) is 0. The molecule has 0 saturated carbocycles. The highest BCUT2D eigenvalue weighted by molar-refractivity contribution is 6.07. The molecule has 6 aromatic heterocycles. The number of fused-ring (bicyclic) bond motifs is 20. The minimum absolute atomic E-state index is 0.105. The number of nitrogens with zero attached hydrogens (tertiary/aromatic N) is 4. The summed E-state index contributed by atoms with van der Waals surface area (Å²) in [7, 11) is 0. The number of H-pyrrole nitrogens is 4. The maximum atomic E-state index is 7.27. The van der Waals surface area contributed by atoms with Gasteiger partial charge >= 0.3 is 0 Å². The fraction of sp³-hybridized carbons (Fsp3) is 0.185. The van der Waals surface area contributed by atoms with Crippen LogP contribution in [0.2, 0.25) is 0 Å². The second kappa shape index (κ2) is 29.1. The zero-order valence-electron chi connectivity index (χ0n) is 70.3. The van der Waals surface area contributed by atoms with Gasteiger partial charge in [-0.1, -0.05) is 163 Å². The fourth-order valence-corrected chi connectivity index (χ4v) is 18.5. The van der Waals surface area contributed by atoms with E-state index < -0.39 is 0 Å². The van der Waals surface area contributed by atoms with Crippen LogP contribution < -0.4 is 18.9 Å². The summed E-state index contributed by atoms with van der Waals surface area (Å²) in [5.41, 5.74) is 41.3. The minimum Gasteiger partial charge on any atom is -0.488 e. The third-order valence-electron chi connectivity index (χ3n) is 25.8. The van der Waals surface area contributed by atoms with E-state index in [9.17, 15) is 0 Å². The number of nitrogens with one attached hydrogen (secondary N) is 4. The van der Waals surface area contributed by atoms with Gasteiger partial charge in [0.1, 0.15) is 49.4 Å². The zero-order valence-corrected chi connectivity index (χ0v) is 70.3. The van der Waals surface area contributed by atoms with Crippen molar-refractivity contribution in [3.05, 3.63) is 318 Å². The van der Waals surface area contributed by atoms with Crippen LogP contribution in [-0.2, 0) is 37.3 Å². The Morgan fingerprint density at radius 1 is 0.225 bits per heavy atom. The molecule has 24 bridgehead atoms. The first-order chi connectivity index (χ1) is 58.1. The summed E-state index contributed by atoms with van der Waals surface area (Å²) in [6, 6.07) is 69.1. The molecule has 0 saturated heterocycles. The number of aromatic amines is 4. The van der Waals surface area contributed by atoms with Crippen LogP contribution in [0.15, 0.2) is 194 Å². The highest BCUT2D eigenvalue weighted by Gasteiger charge is 2.30. The van der Waals surface area contributed by atoms with Gasteiger partial charge in [0.15, 0.2) is 0 Å². The molecule has 4 N–H and O–H groups in total. The lowest BCUT2D eigenvalue weighted by atomic mass is 9.86. The molecule has 14 aromatic rings. The van der Waals surface area contributed by atoms with Gasteiger partial charge in [0.25, 0.3) is 0 Å². The van der Waals surface area contributed by atoms with Crippen molar-refractivity contribution in [2.45, 2.75) is 134 Å². The first-order valence-corrected chi connectivity index (χ1v) is 41.7. The minimum atomic E-state index is -0.105. The Kier molecular flexibility index (Phi) is 18.1. The van der Waals surface area contributed by atoms with E-state index in [1.54, 1.807) is 0 Å². The van der Waals surface area contributed by atoms with Gasteiger partial charge in [0.05, 0.1) is 45.6 Å². The van der Waals surface area contributed by atoms with Crippen LogP contribution >= 0.6 is 0 Å². The topological polar surface area (TPSA) is 152 Å². The monoisotopic (exact) mass is 1570 g/mol. The Morgan fingerprint density at radius 2 is 0.417 bits per heavy atom. The third-order valence-corrected chi connectivity index (χ3v) is 25.8. The van der Waals surface area contributed by atoms with Gasteiger partial charge in [-0.2, -0.15) is 0 Å². The van der Waals surface area contributed by atoms with Crippen molar-refractivity contribution in [3.63, 3.8) is 0 Å². The van der Waals surface area contributed by atoms with E-state index in [1.165, 1.54) is 55.6 Å². The van der Waals surface area contributed by atoms with Crippen molar-refractivity contribution in [1.82, 2.24) is 39.9 Å². The summed E-state index contributed by atoms with van der Waals surface area (Å²) in [6.45, 7) is 32.7. The maximum absolute atomic E-state index is 7.27. The molecule has 120 heavy (non-hydrogen) atoms. The molecule has 0 unspecified atom stereocenters. The summed E-state index contributed by atoms with van der Waals surface area (Å²) >= 11 is 0. The smallest absolute Gasteiger partial charge is 0.127 e. The second-order valence-electron chi connectivity index (χ2n) is 34.7. The lowest BCUT2D eigenvalue weighted by molar-refractivity contribution is 0.301. The maximum Gasteiger partial charge on any atom is 0.127 e. The van der Waals surface area contributed by atoms with Gasteiger partial charge in [0, 0.05) is 111 Å². The molecule has 0 amide bonds. The highest BCUT2D eigenvalue weighted by Crippen LogP contribution is 2.49. The van der Waals surface area contributed by atoms with Crippen LogP contribution in [0.3, 0.4) is 0 Å². The summed E-state index contributed by atoms with van der Waals surface area (Å²) in [6.07, 6.45) is 17.3. The van der Waals surface area contributed by atoms with Crippen molar-refractivity contribution >= 4 is 92.7 Å². The lowest BCUT2D eigenvalue weighted by Gasteiger charge is -2.22. The number of hydrogen-bond acceptors (Lipinski definition) is 8. The van der Waals surface area contributed by atoms with E-state index in [-0.39, 0.29) is 10.8 Å². The average Bonchev–Trinajstić information content (AvgIpc) is 1.59. The van der Waals surface area contributed by atoms with Gasteiger partial charge in [-0.05, 0) is 277 Å². The molecule has 14 heterocycles. The second-order valence-corrected chi connectivity index (χ2v) is 34.7. The molecule has 590 valence electrons. The van der Waals surface area contributed by atoms with E-state index in [2.05, 4.69) is 360 Å². The molecular weight excluding hydrogens is 1470 g/mol. The number of ether oxygens (including phenoxy) is 4. The van der Waals surface area contributed by atoms with Gasteiger partial charge in [-0.3, -0.25) is 0 Å². The largest absolute Gasteiger partial charge is 0.488 e. The molecule has 0 radical (unpaired) electrons. The van der Waals surface area contributed by atoms with E-state index in [4.69, 9.17) is 38.9 Å². The number of para-hydroxylation sites is 4. The quantitative estimate of drug-likeness (QED) is 0.136. The van der Waals surface area contributed by atoms with Gasteiger partial charge in [-0.15, -0.1) is 0 Å². The lowest BCUT2D eigenvalue weighted by Crippen LogP contribution is -2.10. The molecule has 8 aliphatic heterocycles. The van der Waals surface area contributed by atoms with E-state index in [1.807, 2.05) is 0 Å². The molecule has 0 spiro atoms. The van der Waals surface area contributed by atoms with Crippen LogP contribution in [0.25, 0.3) is 171 Å². The van der Waals surface area contributed by atoms with Gasteiger partial charge < -0.3 is 38.9 Å². The van der Waals surface area contributed by atoms with Crippen molar-refractivity contribution < 1.29 is 18.9 Å². The highest BCUT2D eigenvalue weighted by atomic mass is 16.5. The van der Waals surface area contributed by atoms with Gasteiger partial charge in [0.2, 0.25) is 0 Å². The molecule has 22 rings (SSSR count). The molecule has 8 aliphatic rings. The van der Waals surface area contributed by atoms with Gasteiger partial charge in [-0.25, -0.2) is 19.9 Å². The molecule has 0 atom stereocenters. The Morgan fingerprint density at radius 3 is 0.642 bits per heavy atom. The normalized spacial score (nSPS) is 13.4. The predicted octanol–water partition coefficient (Wildman–Crippen LogP) is 27.3. The average molecular weight is 1570 g/mol. The van der Waals surface area contributed by atoms with Crippen LogP contribution in [0.5, 0.6) is 23.0 Å². The first-order valence-electron chi connectivity index (χ1n) is 41.7.